The molecule has 0 fully saturated rings. The van der Waals surface area contributed by atoms with Gasteiger partial charge >= 0.3 is 0 Å². The van der Waals surface area contributed by atoms with Crippen molar-refractivity contribution in [3.8, 4) is 0 Å². The average Bonchev–Trinajstić information content (AvgIpc) is 2.64. The van der Waals surface area contributed by atoms with E-state index in [1.165, 1.54) is 4.90 Å². The van der Waals surface area contributed by atoms with Crippen LogP contribution in [0.15, 0.2) is 24.3 Å². The number of halogens is 1. The zero-order chi connectivity index (χ0) is 13.1. The highest BCUT2D eigenvalue weighted by Crippen LogP contribution is 2.22. The smallest absolute Gasteiger partial charge is 0.261 e. The van der Waals surface area contributed by atoms with Crippen molar-refractivity contribution in [2.45, 2.75) is 25.8 Å². The average molecular weight is 267 g/mol. The first-order valence-electron chi connectivity index (χ1n) is 6.00. The molecule has 1 atom stereocenters. The quantitative estimate of drug-likeness (QED) is 0.657. The lowest BCUT2D eigenvalue weighted by molar-refractivity contribution is 0.0640. The SMILES string of the molecule is CCC[C@H](CN1C(=O)c2ccccc2C1=O)NCl. The number of nitrogens with zero attached hydrogens (tertiary/aromatic N) is 1. The van der Waals surface area contributed by atoms with Gasteiger partial charge in [0.1, 0.15) is 0 Å². The van der Waals surface area contributed by atoms with E-state index in [1.54, 1.807) is 24.3 Å². The van der Waals surface area contributed by atoms with Crippen LogP contribution in [0, 0.1) is 0 Å². The van der Waals surface area contributed by atoms with Gasteiger partial charge in [-0.2, -0.15) is 0 Å². The van der Waals surface area contributed by atoms with Crippen molar-refractivity contribution in [1.82, 2.24) is 9.74 Å². The number of carbonyl (C=O) groups is 2. The van der Waals surface area contributed by atoms with Gasteiger partial charge in [0.15, 0.2) is 0 Å². The first-order chi connectivity index (χ1) is 8.69. The Morgan fingerprint density at radius 2 is 1.78 bits per heavy atom. The Hall–Kier alpha value is -1.39. The van der Waals surface area contributed by atoms with Gasteiger partial charge in [0, 0.05) is 12.6 Å². The van der Waals surface area contributed by atoms with Crippen LogP contribution in [0.25, 0.3) is 0 Å². The fourth-order valence-electron chi connectivity index (χ4n) is 2.15. The third-order valence-corrected chi connectivity index (χ3v) is 3.38. The van der Waals surface area contributed by atoms with Gasteiger partial charge in [-0.1, -0.05) is 25.5 Å². The summed E-state index contributed by atoms with van der Waals surface area (Å²) in [5, 5.41) is 0. The van der Waals surface area contributed by atoms with E-state index in [0.717, 1.165) is 12.8 Å². The van der Waals surface area contributed by atoms with Crippen LogP contribution in [0.2, 0.25) is 0 Å². The lowest BCUT2D eigenvalue weighted by Crippen LogP contribution is -2.40. The molecule has 1 aromatic carbocycles. The standard InChI is InChI=1S/C13H15ClN2O2/c1-2-5-9(15-14)8-16-12(17)10-6-3-4-7-11(10)13(16)18/h3-4,6-7,9,15H,2,5,8H2,1H3/t9-/m1/s1. The van der Waals surface area contributed by atoms with E-state index < -0.39 is 0 Å². The molecule has 5 heteroatoms. The van der Waals surface area contributed by atoms with Crippen LogP contribution in [0.4, 0.5) is 0 Å². The van der Waals surface area contributed by atoms with E-state index in [0.29, 0.717) is 17.7 Å². The van der Waals surface area contributed by atoms with Gasteiger partial charge < -0.3 is 0 Å². The van der Waals surface area contributed by atoms with Crippen LogP contribution in [0.5, 0.6) is 0 Å². The summed E-state index contributed by atoms with van der Waals surface area (Å²) in [6.07, 6.45) is 1.75. The summed E-state index contributed by atoms with van der Waals surface area (Å²) in [6, 6.07) is 6.81. The van der Waals surface area contributed by atoms with Gasteiger partial charge in [-0.3, -0.25) is 14.5 Å². The van der Waals surface area contributed by atoms with Crippen molar-refractivity contribution in [2.75, 3.05) is 6.54 Å². The maximum atomic E-state index is 12.1. The van der Waals surface area contributed by atoms with Crippen molar-refractivity contribution < 1.29 is 9.59 Å². The summed E-state index contributed by atoms with van der Waals surface area (Å²) in [6.45, 7) is 2.34. The van der Waals surface area contributed by atoms with Crippen LogP contribution in [0.3, 0.4) is 0 Å². The Bertz CT molecular complexity index is 441. The van der Waals surface area contributed by atoms with E-state index in [2.05, 4.69) is 4.84 Å². The van der Waals surface area contributed by atoms with Gasteiger partial charge in [0.05, 0.1) is 11.1 Å². The number of nitrogens with one attached hydrogen (secondary N) is 1. The van der Waals surface area contributed by atoms with Gasteiger partial charge in [-0.05, 0) is 30.3 Å². The largest absolute Gasteiger partial charge is 0.273 e. The minimum Gasteiger partial charge on any atom is -0.273 e. The second-order valence-electron chi connectivity index (χ2n) is 4.36. The Labute approximate surface area is 111 Å². The Kier molecular flexibility index (Phi) is 3.99. The first-order valence-corrected chi connectivity index (χ1v) is 6.38. The van der Waals surface area contributed by atoms with E-state index in [4.69, 9.17) is 11.8 Å². The van der Waals surface area contributed by atoms with Crippen LogP contribution in [-0.4, -0.2) is 29.3 Å². The zero-order valence-corrected chi connectivity index (χ0v) is 10.9. The predicted molar refractivity (Wildman–Crippen MR) is 69.5 cm³/mol. The van der Waals surface area contributed by atoms with Gasteiger partial charge in [0.25, 0.3) is 11.8 Å². The Balaban J connectivity index is 2.18. The summed E-state index contributed by atoms with van der Waals surface area (Å²) in [4.78, 5) is 28.1. The summed E-state index contributed by atoms with van der Waals surface area (Å²) in [5.41, 5.74) is 0.958. The van der Waals surface area contributed by atoms with Crippen LogP contribution in [0.1, 0.15) is 40.5 Å². The number of benzene rings is 1. The van der Waals surface area contributed by atoms with Crippen molar-refractivity contribution in [2.24, 2.45) is 0 Å². The summed E-state index contributed by atoms with van der Waals surface area (Å²) < 4.78 is 0. The molecule has 0 saturated heterocycles. The third kappa shape index (κ3) is 2.26. The second-order valence-corrected chi connectivity index (χ2v) is 4.58. The van der Waals surface area contributed by atoms with Crippen molar-refractivity contribution in [1.29, 1.82) is 0 Å². The molecule has 0 spiro atoms. The molecule has 0 aliphatic carbocycles. The van der Waals surface area contributed by atoms with Crippen molar-refractivity contribution in [3.63, 3.8) is 0 Å². The zero-order valence-electron chi connectivity index (χ0n) is 10.1. The first kappa shape index (κ1) is 13.1. The molecular formula is C13H15ClN2O2. The molecule has 1 N–H and O–H groups in total. The number of amides is 2. The number of hydrogen-bond acceptors (Lipinski definition) is 3. The molecule has 1 aliphatic rings. The summed E-state index contributed by atoms with van der Waals surface area (Å²) >= 11 is 5.63. The summed E-state index contributed by atoms with van der Waals surface area (Å²) in [5.74, 6) is -0.466. The second kappa shape index (κ2) is 5.50. The number of carbonyl (C=O) groups excluding carboxylic acids is 2. The monoisotopic (exact) mass is 266 g/mol. The maximum Gasteiger partial charge on any atom is 0.261 e. The molecule has 0 unspecified atom stereocenters. The van der Waals surface area contributed by atoms with Crippen LogP contribution < -0.4 is 4.84 Å². The molecule has 2 amide bonds. The van der Waals surface area contributed by atoms with Crippen LogP contribution >= 0.6 is 11.8 Å². The summed E-state index contributed by atoms with van der Waals surface area (Å²) in [7, 11) is 0. The Morgan fingerprint density at radius 3 is 2.22 bits per heavy atom. The molecule has 1 aromatic rings. The lowest BCUT2D eigenvalue weighted by Gasteiger charge is -2.20. The Morgan fingerprint density at radius 1 is 1.22 bits per heavy atom. The van der Waals surface area contributed by atoms with Gasteiger partial charge in [-0.15, -0.1) is 0 Å². The van der Waals surface area contributed by atoms with E-state index in [1.807, 2.05) is 6.92 Å². The topological polar surface area (TPSA) is 49.4 Å². The molecule has 1 aliphatic heterocycles. The molecule has 4 nitrogen and oxygen atoms in total. The van der Waals surface area contributed by atoms with Gasteiger partial charge in [-0.25, -0.2) is 4.84 Å². The highest BCUT2D eigenvalue weighted by molar-refractivity contribution is 6.21. The highest BCUT2D eigenvalue weighted by Gasteiger charge is 2.35. The molecule has 2 rings (SSSR count). The van der Waals surface area contributed by atoms with Crippen molar-refractivity contribution in [3.05, 3.63) is 35.4 Å². The maximum absolute atomic E-state index is 12.1. The highest BCUT2D eigenvalue weighted by atomic mass is 35.5. The molecule has 0 bridgehead atoms. The molecule has 96 valence electrons. The third-order valence-electron chi connectivity index (χ3n) is 3.07. The lowest BCUT2D eigenvalue weighted by atomic mass is 10.1. The molecule has 18 heavy (non-hydrogen) atoms. The van der Waals surface area contributed by atoms with E-state index in [9.17, 15) is 9.59 Å². The predicted octanol–water partition coefficient (Wildman–Crippen LogP) is 2.19. The minimum absolute atomic E-state index is 0.0705. The van der Waals surface area contributed by atoms with Crippen molar-refractivity contribution >= 4 is 23.6 Å². The normalized spacial score (nSPS) is 16.0. The molecule has 1 heterocycles. The number of imide groups is 1. The molecule has 0 aromatic heterocycles. The fraction of sp³-hybridized carbons (Fsp3) is 0.385. The number of fused-ring (bicyclic) bond motifs is 1. The molecule has 0 radical (unpaired) electrons. The van der Waals surface area contributed by atoms with Gasteiger partial charge in [0.2, 0.25) is 0 Å². The molecule has 0 saturated carbocycles. The minimum atomic E-state index is -0.233. The number of rotatable bonds is 5. The molecular weight excluding hydrogens is 252 g/mol. The van der Waals surface area contributed by atoms with Crippen LogP contribution in [-0.2, 0) is 0 Å². The number of hydrogen-bond donors (Lipinski definition) is 1. The van der Waals surface area contributed by atoms with E-state index >= 15 is 0 Å². The van der Waals surface area contributed by atoms with E-state index in [-0.39, 0.29) is 17.9 Å². The fourth-order valence-corrected chi connectivity index (χ4v) is 2.33.